The lowest BCUT2D eigenvalue weighted by molar-refractivity contribution is -0.134. The minimum absolute atomic E-state index is 0.229. The minimum atomic E-state index is -0.229. The third-order valence-corrected chi connectivity index (χ3v) is 1.19. The van der Waals surface area contributed by atoms with Crippen LogP contribution in [0.25, 0.3) is 0 Å². The highest BCUT2D eigenvalue weighted by molar-refractivity contribution is 5.71. The Morgan fingerprint density at radius 1 is 1.64 bits per heavy atom. The molecule has 2 nitrogen and oxygen atoms in total. The minimum Gasteiger partial charge on any atom is -0.426 e. The first-order valence-electron chi connectivity index (χ1n) is 3.50. The molecule has 1 radical (unpaired) electrons. The van der Waals surface area contributed by atoms with Gasteiger partial charge in [-0.2, -0.15) is 0 Å². The van der Waals surface area contributed by atoms with E-state index in [9.17, 15) is 4.79 Å². The Hall–Kier alpha value is -1.31. The molecule has 0 aliphatic carbocycles. The number of carbonyl (C=O) groups is 1. The molecule has 0 aliphatic rings. The number of hydrogen-bond acceptors (Lipinski definition) is 2. The first-order chi connectivity index (χ1) is 5.33. The van der Waals surface area contributed by atoms with E-state index in [1.54, 1.807) is 25.1 Å². The predicted molar refractivity (Wildman–Crippen MR) is 41.2 cm³/mol. The molecule has 1 aromatic carbocycles. The number of ether oxygens (including phenoxy) is 1. The molecule has 1 aromatic rings. The van der Waals surface area contributed by atoms with Crippen molar-refractivity contribution in [3.05, 3.63) is 30.3 Å². The van der Waals surface area contributed by atoms with Gasteiger partial charge in [0.2, 0.25) is 0 Å². The molecule has 57 valence electrons. The Balaban J connectivity index is 2.58. The number of hydrogen-bond donors (Lipinski definition) is 0. The van der Waals surface area contributed by atoms with Crippen LogP contribution in [0.2, 0.25) is 0 Å². The molecular weight excluding hydrogens is 140 g/mol. The van der Waals surface area contributed by atoms with Gasteiger partial charge in [0.25, 0.3) is 0 Å². The van der Waals surface area contributed by atoms with E-state index in [0.29, 0.717) is 12.2 Å². The molecule has 0 bridgehead atoms. The summed E-state index contributed by atoms with van der Waals surface area (Å²) in [6, 6.07) is 9.82. The highest BCUT2D eigenvalue weighted by atomic mass is 16.5. The van der Waals surface area contributed by atoms with Gasteiger partial charge in [-0.05, 0) is 6.07 Å². The van der Waals surface area contributed by atoms with Crippen LogP contribution in [0.5, 0.6) is 5.75 Å². The van der Waals surface area contributed by atoms with Gasteiger partial charge in [0.15, 0.2) is 0 Å². The van der Waals surface area contributed by atoms with E-state index in [2.05, 4.69) is 6.07 Å². The molecule has 0 heterocycles. The predicted octanol–water partition coefficient (Wildman–Crippen LogP) is 1.80. The zero-order valence-electron chi connectivity index (χ0n) is 6.33. The van der Waals surface area contributed by atoms with Crippen LogP contribution < -0.4 is 4.74 Å². The Morgan fingerprint density at radius 3 is 3.00 bits per heavy atom. The second-order valence-electron chi connectivity index (χ2n) is 2.05. The molecule has 0 fully saturated rings. The summed E-state index contributed by atoms with van der Waals surface area (Å²) in [6.07, 6.45) is 0.392. The normalized spacial score (nSPS) is 9.18. The van der Waals surface area contributed by atoms with Crippen molar-refractivity contribution in [3.8, 4) is 5.75 Å². The zero-order valence-corrected chi connectivity index (χ0v) is 6.33. The van der Waals surface area contributed by atoms with Crippen LogP contribution in [0.4, 0.5) is 0 Å². The van der Waals surface area contributed by atoms with Gasteiger partial charge in [0.1, 0.15) is 5.75 Å². The highest BCUT2D eigenvalue weighted by Crippen LogP contribution is 2.07. The molecule has 11 heavy (non-hydrogen) atoms. The fraction of sp³-hybridized carbons (Fsp3) is 0.222. The maximum absolute atomic E-state index is 10.7. The van der Waals surface area contributed by atoms with Crippen molar-refractivity contribution in [1.29, 1.82) is 0 Å². The van der Waals surface area contributed by atoms with Crippen molar-refractivity contribution in [2.45, 2.75) is 13.3 Å². The topological polar surface area (TPSA) is 26.3 Å². The Kier molecular flexibility index (Phi) is 2.66. The van der Waals surface area contributed by atoms with E-state index in [-0.39, 0.29) is 5.97 Å². The molecule has 0 atom stereocenters. The summed E-state index contributed by atoms with van der Waals surface area (Å²) < 4.78 is 4.87. The van der Waals surface area contributed by atoms with Crippen LogP contribution in [-0.2, 0) is 4.79 Å². The van der Waals surface area contributed by atoms with E-state index >= 15 is 0 Å². The third-order valence-electron chi connectivity index (χ3n) is 1.19. The summed E-state index contributed by atoms with van der Waals surface area (Å²) in [5.74, 6) is 0.256. The van der Waals surface area contributed by atoms with Crippen LogP contribution in [0.3, 0.4) is 0 Å². The van der Waals surface area contributed by atoms with E-state index < -0.39 is 0 Å². The smallest absolute Gasteiger partial charge is 0.310 e. The fourth-order valence-electron chi connectivity index (χ4n) is 0.635. The van der Waals surface area contributed by atoms with Gasteiger partial charge in [-0.3, -0.25) is 4.79 Å². The second kappa shape index (κ2) is 3.76. The van der Waals surface area contributed by atoms with Crippen LogP contribution in [-0.4, -0.2) is 5.97 Å². The van der Waals surface area contributed by atoms with Crippen molar-refractivity contribution in [2.24, 2.45) is 0 Å². The summed E-state index contributed by atoms with van der Waals surface area (Å²) in [6.45, 7) is 1.76. The van der Waals surface area contributed by atoms with Crippen molar-refractivity contribution < 1.29 is 9.53 Å². The molecule has 0 unspecified atom stereocenters. The van der Waals surface area contributed by atoms with Gasteiger partial charge in [-0.25, -0.2) is 0 Å². The Morgan fingerprint density at radius 2 is 2.45 bits per heavy atom. The molecule has 0 saturated heterocycles. The number of esters is 1. The van der Waals surface area contributed by atoms with Gasteiger partial charge in [-0.1, -0.05) is 25.1 Å². The van der Waals surface area contributed by atoms with E-state index in [4.69, 9.17) is 4.74 Å². The van der Waals surface area contributed by atoms with E-state index in [0.717, 1.165) is 0 Å². The molecule has 2 heteroatoms. The van der Waals surface area contributed by atoms with Crippen LogP contribution in [0.15, 0.2) is 24.3 Å². The summed E-state index contributed by atoms with van der Waals surface area (Å²) in [4.78, 5) is 10.7. The van der Waals surface area contributed by atoms with E-state index in [1.165, 1.54) is 0 Å². The molecule has 1 rings (SSSR count). The Labute approximate surface area is 65.8 Å². The van der Waals surface area contributed by atoms with Crippen molar-refractivity contribution in [1.82, 2.24) is 0 Å². The molecule has 0 aliphatic heterocycles. The molecule has 0 amide bonds. The average Bonchev–Trinajstić information content (AvgIpc) is 2.06. The molecule has 0 aromatic heterocycles. The number of para-hydroxylation sites is 1. The van der Waals surface area contributed by atoms with Gasteiger partial charge in [-0.15, -0.1) is 0 Å². The van der Waals surface area contributed by atoms with Gasteiger partial charge in [0.05, 0.1) is 0 Å². The number of rotatable bonds is 2. The highest BCUT2D eigenvalue weighted by Gasteiger charge is 1.98. The van der Waals surface area contributed by atoms with Crippen molar-refractivity contribution in [3.63, 3.8) is 0 Å². The lowest BCUT2D eigenvalue weighted by Gasteiger charge is -1.99. The number of carbonyl (C=O) groups excluding carboxylic acids is 1. The SMILES string of the molecule is CCC(=O)Oc1[c]cccc1. The summed E-state index contributed by atoms with van der Waals surface area (Å²) in [5.41, 5.74) is 0. The van der Waals surface area contributed by atoms with Gasteiger partial charge < -0.3 is 4.74 Å². The summed E-state index contributed by atoms with van der Waals surface area (Å²) >= 11 is 0. The first kappa shape index (κ1) is 7.79. The van der Waals surface area contributed by atoms with Gasteiger partial charge in [0, 0.05) is 12.5 Å². The third kappa shape index (κ3) is 2.42. The van der Waals surface area contributed by atoms with Gasteiger partial charge >= 0.3 is 5.97 Å². The first-order valence-corrected chi connectivity index (χ1v) is 3.50. The summed E-state index contributed by atoms with van der Waals surface area (Å²) in [5, 5.41) is 0. The van der Waals surface area contributed by atoms with E-state index in [1.807, 2.05) is 6.07 Å². The lowest BCUT2D eigenvalue weighted by Crippen LogP contribution is -2.04. The standard InChI is InChI=1S/C9H9O2/c1-2-9(10)11-8-6-4-3-5-7-8/h3-6H,2H2,1H3. The molecule has 0 spiro atoms. The summed E-state index contributed by atoms with van der Waals surface area (Å²) in [7, 11) is 0. The fourth-order valence-corrected chi connectivity index (χ4v) is 0.635. The zero-order chi connectivity index (χ0) is 8.10. The quantitative estimate of drug-likeness (QED) is 0.473. The number of benzene rings is 1. The van der Waals surface area contributed by atoms with Crippen LogP contribution in [0, 0.1) is 6.07 Å². The van der Waals surface area contributed by atoms with Crippen molar-refractivity contribution in [2.75, 3.05) is 0 Å². The van der Waals surface area contributed by atoms with Crippen LogP contribution in [0.1, 0.15) is 13.3 Å². The maximum Gasteiger partial charge on any atom is 0.310 e. The molecular formula is C9H9O2. The maximum atomic E-state index is 10.7. The molecule has 0 saturated carbocycles. The van der Waals surface area contributed by atoms with Crippen LogP contribution >= 0.6 is 0 Å². The molecule has 0 N–H and O–H groups in total. The average molecular weight is 149 g/mol. The lowest BCUT2D eigenvalue weighted by atomic mass is 10.3. The second-order valence-corrected chi connectivity index (χ2v) is 2.05. The van der Waals surface area contributed by atoms with Crippen molar-refractivity contribution >= 4 is 5.97 Å². The largest absolute Gasteiger partial charge is 0.426 e. The Bertz CT molecular complexity index is 229. The monoisotopic (exact) mass is 149 g/mol.